The van der Waals surface area contributed by atoms with E-state index in [0.717, 1.165) is 18.2 Å². The van der Waals surface area contributed by atoms with Crippen molar-refractivity contribution in [1.82, 2.24) is 15.6 Å². The summed E-state index contributed by atoms with van der Waals surface area (Å²) in [5, 5.41) is 9.42. The Morgan fingerprint density at radius 2 is 1.90 bits per heavy atom. The van der Waals surface area contributed by atoms with E-state index in [2.05, 4.69) is 50.2 Å². The van der Waals surface area contributed by atoms with Gasteiger partial charge in [-0.3, -0.25) is 9.79 Å². The van der Waals surface area contributed by atoms with Crippen LogP contribution in [0.1, 0.15) is 25.0 Å². The van der Waals surface area contributed by atoms with Crippen molar-refractivity contribution in [2.24, 2.45) is 4.99 Å². The zero-order valence-electron chi connectivity index (χ0n) is 16.8. The number of hydrogen-bond acceptors (Lipinski definition) is 4. The first-order chi connectivity index (χ1) is 13.6. The molecular weight excluding hydrogens is 497 g/mol. The number of aromatic nitrogens is 1. The lowest BCUT2D eigenvalue weighted by Gasteiger charge is -2.18. The van der Waals surface area contributed by atoms with Gasteiger partial charge in [-0.15, -0.1) is 35.7 Å². The van der Waals surface area contributed by atoms with E-state index in [4.69, 9.17) is 0 Å². The summed E-state index contributed by atoms with van der Waals surface area (Å²) >= 11 is 1.92. The standard InChI is InChI=1S/C21H27N5OS.HI/c1-16-7-6-10-18(25-16)26-19(27)11-14-23-20(22-2)24-15-21(12-13-21)28-17-8-4-3-5-9-17;/h3-10H,11-15H2,1-2H3,(H2,22,23,24)(H,25,26,27);1H. The smallest absolute Gasteiger partial charge is 0.227 e. The number of nitrogens with zero attached hydrogens (tertiary/aromatic N) is 2. The van der Waals surface area contributed by atoms with Gasteiger partial charge in [0, 0.05) is 41.9 Å². The van der Waals surface area contributed by atoms with Crippen LogP contribution in [-0.4, -0.2) is 41.7 Å². The molecule has 0 saturated heterocycles. The third kappa shape index (κ3) is 7.85. The number of rotatable bonds is 8. The number of halogens is 1. The minimum atomic E-state index is -0.0700. The first-order valence-electron chi connectivity index (χ1n) is 9.51. The van der Waals surface area contributed by atoms with Crippen LogP contribution in [-0.2, 0) is 4.79 Å². The molecule has 1 heterocycles. The summed E-state index contributed by atoms with van der Waals surface area (Å²) in [6.45, 7) is 3.26. The fraction of sp³-hybridized carbons (Fsp3) is 0.381. The van der Waals surface area contributed by atoms with Crippen LogP contribution in [0.3, 0.4) is 0 Å². The quantitative estimate of drug-likeness (QED) is 0.278. The van der Waals surface area contributed by atoms with E-state index in [9.17, 15) is 4.79 Å². The van der Waals surface area contributed by atoms with Gasteiger partial charge >= 0.3 is 0 Å². The molecule has 8 heteroatoms. The molecule has 29 heavy (non-hydrogen) atoms. The van der Waals surface area contributed by atoms with E-state index in [-0.39, 0.29) is 34.6 Å². The summed E-state index contributed by atoms with van der Waals surface area (Å²) in [4.78, 5) is 21.9. The summed E-state index contributed by atoms with van der Waals surface area (Å²) in [5.74, 6) is 1.24. The lowest BCUT2D eigenvalue weighted by atomic mass is 10.3. The van der Waals surface area contributed by atoms with Crippen LogP contribution in [0, 0.1) is 6.92 Å². The average molecular weight is 525 g/mol. The number of anilines is 1. The fourth-order valence-corrected chi connectivity index (χ4v) is 4.01. The maximum absolute atomic E-state index is 12.1. The Balaban J connectivity index is 0.00000300. The molecule has 0 unspecified atom stereocenters. The molecule has 0 spiro atoms. The predicted molar refractivity (Wildman–Crippen MR) is 131 cm³/mol. The van der Waals surface area contributed by atoms with Crippen LogP contribution in [0.5, 0.6) is 0 Å². The van der Waals surface area contributed by atoms with E-state index in [1.807, 2.05) is 36.9 Å². The third-order valence-electron chi connectivity index (χ3n) is 4.49. The Bertz CT molecular complexity index is 827. The highest BCUT2D eigenvalue weighted by atomic mass is 127. The number of hydrogen-bond donors (Lipinski definition) is 3. The highest BCUT2D eigenvalue weighted by Crippen LogP contribution is 2.51. The van der Waals surface area contributed by atoms with Gasteiger partial charge in [-0.05, 0) is 44.0 Å². The molecule has 0 bridgehead atoms. The van der Waals surface area contributed by atoms with Gasteiger partial charge in [0.2, 0.25) is 5.91 Å². The second-order valence-corrected chi connectivity index (χ2v) is 8.45. The van der Waals surface area contributed by atoms with Gasteiger partial charge in [0.25, 0.3) is 0 Å². The molecule has 2 aromatic rings. The first kappa shape index (κ1) is 23.5. The van der Waals surface area contributed by atoms with Crippen molar-refractivity contribution >= 4 is 53.4 Å². The van der Waals surface area contributed by atoms with Crippen LogP contribution in [0.4, 0.5) is 5.82 Å². The number of pyridine rings is 1. The number of amides is 1. The number of guanidine groups is 1. The number of carbonyl (C=O) groups excluding carboxylic acids is 1. The van der Waals surface area contributed by atoms with Crippen molar-refractivity contribution in [3.63, 3.8) is 0 Å². The molecule has 1 saturated carbocycles. The second-order valence-electron chi connectivity index (χ2n) is 6.91. The number of carbonyl (C=O) groups is 1. The van der Waals surface area contributed by atoms with Crippen LogP contribution in [0.15, 0.2) is 58.4 Å². The van der Waals surface area contributed by atoms with Crippen molar-refractivity contribution in [3.05, 3.63) is 54.2 Å². The predicted octanol–water partition coefficient (Wildman–Crippen LogP) is 3.83. The summed E-state index contributed by atoms with van der Waals surface area (Å²) < 4.78 is 0.243. The van der Waals surface area contributed by atoms with Gasteiger partial charge in [-0.25, -0.2) is 4.98 Å². The maximum atomic E-state index is 12.1. The topological polar surface area (TPSA) is 78.4 Å². The molecule has 1 aliphatic carbocycles. The van der Waals surface area contributed by atoms with E-state index in [1.54, 1.807) is 13.1 Å². The summed E-state index contributed by atoms with van der Waals surface area (Å²) in [6.07, 6.45) is 2.74. The van der Waals surface area contributed by atoms with E-state index < -0.39 is 0 Å². The minimum Gasteiger partial charge on any atom is -0.356 e. The SMILES string of the molecule is CN=C(NCCC(=O)Nc1cccc(C)n1)NCC1(Sc2ccccc2)CC1.I. The third-order valence-corrected chi connectivity index (χ3v) is 5.98. The van der Waals surface area contributed by atoms with Gasteiger partial charge in [-0.2, -0.15) is 0 Å². The highest BCUT2D eigenvalue weighted by molar-refractivity contribution is 14.0. The van der Waals surface area contributed by atoms with Crippen LogP contribution in [0.2, 0.25) is 0 Å². The molecule has 3 rings (SSSR count). The molecular formula is C21H28IN5OS. The van der Waals surface area contributed by atoms with Gasteiger partial charge in [0.05, 0.1) is 0 Å². The number of nitrogens with one attached hydrogen (secondary N) is 3. The molecule has 6 nitrogen and oxygen atoms in total. The van der Waals surface area contributed by atoms with Crippen molar-refractivity contribution in [1.29, 1.82) is 0 Å². The molecule has 3 N–H and O–H groups in total. The Kier molecular flexibility index (Phi) is 9.22. The summed E-state index contributed by atoms with van der Waals surface area (Å²) in [7, 11) is 1.75. The van der Waals surface area contributed by atoms with Crippen molar-refractivity contribution in [3.8, 4) is 0 Å². The van der Waals surface area contributed by atoms with Crippen LogP contribution >= 0.6 is 35.7 Å². The Hall–Kier alpha value is -1.81. The molecule has 0 aliphatic heterocycles. The van der Waals surface area contributed by atoms with E-state index in [0.29, 0.717) is 18.8 Å². The van der Waals surface area contributed by atoms with Crippen molar-refractivity contribution < 1.29 is 4.79 Å². The highest BCUT2D eigenvalue weighted by Gasteiger charge is 2.43. The minimum absolute atomic E-state index is 0. The van der Waals surface area contributed by atoms with Gasteiger partial charge in [0.15, 0.2) is 5.96 Å². The fourth-order valence-electron chi connectivity index (χ4n) is 2.77. The Morgan fingerprint density at radius 3 is 2.55 bits per heavy atom. The maximum Gasteiger partial charge on any atom is 0.227 e. The van der Waals surface area contributed by atoms with Gasteiger partial charge in [-0.1, -0.05) is 24.3 Å². The Morgan fingerprint density at radius 1 is 1.14 bits per heavy atom. The normalized spacial score (nSPS) is 14.5. The van der Waals surface area contributed by atoms with Gasteiger partial charge in [0.1, 0.15) is 5.82 Å². The Labute approximate surface area is 193 Å². The molecule has 0 radical (unpaired) electrons. The first-order valence-corrected chi connectivity index (χ1v) is 10.3. The monoisotopic (exact) mass is 525 g/mol. The molecule has 0 atom stereocenters. The largest absolute Gasteiger partial charge is 0.356 e. The molecule has 1 aromatic carbocycles. The zero-order valence-corrected chi connectivity index (χ0v) is 19.9. The van der Waals surface area contributed by atoms with Gasteiger partial charge < -0.3 is 16.0 Å². The number of thioether (sulfide) groups is 1. The van der Waals surface area contributed by atoms with Crippen molar-refractivity contribution in [2.75, 3.05) is 25.5 Å². The van der Waals surface area contributed by atoms with E-state index in [1.165, 1.54) is 17.7 Å². The zero-order chi connectivity index (χ0) is 19.8. The molecule has 156 valence electrons. The van der Waals surface area contributed by atoms with Crippen molar-refractivity contribution in [2.45, 2.75) is 35.8 Å². The number of benzene rings is 1. The molecule has 1 aromatic heterocycles. The molecule has 1 amide bonds. The number of aryl methyl sites for hydroxylation is 1. The summed E-state index contributed by atoms with van der Waals surface area (Å²) in [5.41, 5.74) is 0.878. The lowest BCUT2D eigenvalue weighted by molar-refractivity contribution is -0.116. The van der Waals surface area contributed by atoms with Crippen LogP contribution < -0.4 is 16.0 Å². The average Bonchev–Trinajstić information content (AvgIpc) is 3.45. The van der Waals surface area contributed by atoms with E-state index >= 15 is 0 Å². The number of aliphatic imine (C=N–C) groups is 1. The molecule has 1 aliphatic rings. The van der Waals surface area contributed by atoms with Crippen LogP contribution in [0.25, 0.3) is 0 Å². The lowest BCUT2D eigenvalue weighted by Crippen LogP contribution is -2.42. The summed E-state index contributed by atoms with van der Waals surface area (Å²) in [6, 6.07) is 16.1. The molecule has 1 fully saturated rings. The second kappa shape index (κ2) is 11.4.